The Balaban J connectivity index is 1.80. The molecule has 0 bridgehead atoms. The van der Waals surface area contributed by atoms with Gasteiger partial charge in [-0.2, -0.15) is 0 Å². The fraction of sp³-hybridized carbons (Fsp3) is 0.125. The van der Waals surface area contributed by atoms with Crippen LogP contribution in [0, 0.1) is 0 Å². The van der Waals surface area contributed by atoms with Crippen LogP contribution >= 0.6 is 23.4 Å². The van der Waals surface area contributed by atoms with Crippen molar-refractivity contribution in [2.75, 3.05) is 6.61 Å². The number of rotatable bonds is 6. The van der Waals surface area contributed by atoms with E-state index < -0.39 is 11.9 Å². The summed E-state index contributed by atoms with van der Waals surface area (Å²) in [5, 5.41) is 21.8. The summed E-state index contributed by atoms with van der Waals surface area (Å²) in [6.07, 6.45) is 3.42. The maximum Gasteiger partial charge on any atom is 0.344 e. The number of carbonyl (C=O) groups excluding carboxylic acids is 1. The topological polar surface area (TPSA) is 101 Å². The molecule has 0 fully saturated rings. The number of para-hydroxylation sites is 1. The van der Waals surface area contributed by atoms with Crippen molar-refractivity contribution in [2.24, 2.45) is 4.99 Å². The Morgan fingerprint density at radius 3 is 2.61 bits per heavy atom. The molecule has 168 valence electrons. The molecule has 0 spiro atoms. The van der Waals surface area contributed by atoms with Crippen LogP contribution in [0.5, 0.6) is 0 Å². The normalized spacial score (nSPS) is 16.2. The van der Waals surface area contributed by atoms with Crippen LogP contribution in [0.2, 0.25) is 5.02 Å². The number of aliphatic hydroxyl groups excluding tert-OH is 1. The zero-order valence-corrected chi connectivity index (χ0v) is 19.1. The minimum Gasteiger partial charge on any atom is -0.506 e. The molecule has 2 heterocycles. The molecule has 0 atom stereocenters. The minimum absolute atomic E-state index is 0.0164. The van der Waals surface area contributed by atoms with Crippen molar-refractivity contribution in [3.05, 3.63) is 81.6 Å². The third-order valence-electron chi connectivity index (χ3n) is 4.84. The van der Waals surface area contributed by atoms with E-state index in [9.17, 15) is 19.8 Å². The van der Waals surface area contributed by atoms with Crippen LogP contribution in [0.25, 0.3) is 17.0 Å². The highest BCUT2D eigenvalue weighted by molar-refractivity contribution is 8.18. The summed E-state index contributed by atoms with van der Waals surface area (Å²) in [7, 11) is 0. The number of aliphatic carboxylic acids is 1. The number of benzene rings is 2. The number of carboxylic acids is 1. The van der Waals surface area contributed by atoms with Gasteiger partial charge in [-0.15, -0.1) is 0 Å². The second-order valence-electron chi connectivity index (χ2n) is 7.07. The van der Waals surface area contributed by atoms with Gasteiger partial charge in [0, 0.05) is 27.7 Å². The summed E-state index contributed by atoms with van der Waals surface area (Å²) in [6.45, 7) is 1.63. The highest BCUT2D eigenvalue weighted by atomic mass is 35.5. The maximum absolute atomic E-state index is 12.6. The fourth-order valence-corrected chi connectivity index (χ4v) is 4.58. The van der Waals surface area contributed by atoms with Crippen LogP contribution < -0.4 is 0 Å². The first-order valence-corrected chi connectivity index (χ1v) is 11.2. The van der Waals surface area contributed by atoms with E-state index in [0.29, 0.717) is 26.2 Å². The molecule has 1 aliphatic rings. The van der Waals surface area contributed by atoms with Gasteiger partial charge in [-0.25, -0.2) is 9.79 Å². The first-order chi connectivity index (χ1) is 15.9. The standard InChI is InChI=1S/C24H19ClN2O5S/c1-2-32-24(31)21-22(30)19(33-23(21)26-16-9-7-15(25)8-10-16)11-14-12-27(13-20(28)29)18-6-4-3-5-17(14)18/h3-12,30H,2,13H2,1H3,(H,28,29). The van der Waals surface area contributed by atoms with E-state index in [-0.39, 0.29) is 24.5 Å². The van der Waals surface area contributed by atoms with Crippen LogP contribution in [0.15, 0.2) is 76.0 Å². The van der Waals surface area contributed by atoms with Gasteiger partial charge in [0.15, 0.2) is 0 Å². The third kappa shape index (κ3) is 4.81. The highest BCUT2D eigenvalue weighted by Crippen LogP contribution is 2.41. The number of carboxylic acid groups (broad SMARTS) is 1. The van der Waals surface area contributed by atoms with Crippen LogP contribution in [-0.4, -0.2) is 38.4 Å². The number of hydrogen-bond acceptors (Lipinski definition) is 6. The van der Waals surface area contributed by atoms with Gasteiger partial charge in [0.25, 0.3) is 0 Å². The van der Waals surface area contributed by atoms with Crippen LogP contribution in [0.1, 0.15) is 12.5 Å². The molecule has 1 aromatic heterocycles. The number of fused-ring (bicyclic) bond motifs is 1. The number of ether oxygens (including phenoxy) is 1. The molecule has 0 unspecified atom stereocenters. The quantitative estimate of drug-likeness (QED) is 0.445. The number of esters is 1. The number of thioether (sulfide) groups is 1. The van der Waals surface area contributed by atoms with Gasteiger partial charge >= 0.3 is 11.9 Å². The molecule has 3 aromatic rings. The van der Waals surface area contributed by atoms with E-state index in [0.717, 1.165) is 22.7 Å². The Morgan fingerprint density at radius 1 is 1.18 bits per heavy atom. The van der Waals surface area contributed by atoms with Gasteiger partial charge in [-0.05, 0) is 43.3 Å². The number of halogens is 1. The summed E-state index contributed by atoms with van der Waals surface area (Å²) in [5.74, 6) is -1.87. The van der Waals surface area contributed by atoms with Crippen molar-refractivity contribution in [3.8, 4) is 0 Å². The summed E-state index contributed by atoms with van der Waals surface area (Å²) < 4.78 is 6.76. The lowest BCUT2D eigenvalue weighted by atomic mass is 10.1. The molecular weight excluding hydrogens is 464 g/mol. The van der Waals surface area contributed by atoms with Crippen molar-refractivity contribution in [1.29, 1.82) is 0 Å². The molecule has 2 N–H and O–H groups in total. The Labute approximate surface area is 198 Å². The van der Waals surface area contributed by atoms with Crippen LogP contribution in [0.3, 0.4) is 0 Å². The minimum atomic E-state index is -0.963. The molecule has 0 saturated heterocycles. The first-order valence-electron chi connectivity index (χ1n) is 10.0. The number of hydrogen-bond donors (Lipinski definition) is 2. The largest absolute Gasteiger partial charge is 0.506 e. The Morgan fingerprint density at radius 2 is 1.91 bits per heavy atom. The second kappa shape index (κ2) is 9.56. The smallest absolute Gasteiger partial charge is 0.344 e. The van der Waals surface area contributed by atoms with Gasteiger partial charge < -0.3 is 19.5 Å². The molecule has 7 nitrogen and oxygen atoms in total. The molecule has 1 aliphatic heterocycles. The predicted molar refractivity (Wildman–Crippen MR) is 130 cm³/mol. The van der Waals surface area contributed by atoms with Crippen LogP contribution in [0.4, 0.5) is 5.69 Å². The summed E-state index contributed by atoms with van der Waals surface area (Å²) in [5.41, 5.74) is 2.00. The van der Waals surface area contributed by atoms with Crippen molar-refractivity contribution < 1.29 is 24.5 Å². The van der Waals surface area contributed by atoms with E-state index in [2.05, 4.69) is 4.99 Å². The molecule has 33 heavy (non-hydrogen) atoms. The van der Waals surface area contributed by atoms with Crippen molar-refractivity contribution >= 4 is 63.0 Å². The molecule has 2 aromatic carbocycles. The van der Waals surface area contributed by atoms with Gasteiger partial charge in [0.2, 0.25) is 0 Å². The summed E-state index contributed by atoms with van der Waals surface area (Å²) >= 11 is 7.08. The lowest BCUT2D eigenvalue weighted by molar-refractivity contribution is -0.138. The van der Waals surface area contributed by atoms with Crippen molar-refractivity contribution in [3.63, 3.8) is 0 Å². The number of nitrogens with zero attached hydrogens (tertiary/aromatic N) is 2. The number of aliphatic hydroxyl groups is 1. The first kappa shape index (κ1) is 22.7. The Hall–Kier alpha value is -3.49. The SMILES string of the molecule is CCOC(=O)C1=C(O)C(=Cc2cn(CC(=O)O)c3ccccc23)SC1=Nc1ccc(Cl)cc1. The molecular formula is C24H19ClN2O5S. The third-order valence-corrected chi connectivity index (χ3v) is 6.11. The van der Waals surface area contributed by atoms with E-state index >= 15 is 0 Å². The summed E-state index contributed by atoms with van der Waals surface area (Å²) in [6, 6.07) is 14.2. The zero-order chi connectivity index (χ0) is 23.5. The van der Waals surface area contributed by atoms with E-state index in [1.165, 1.54) is 0 Å². The lowest BCUT2D eigenvalue weighted by Crippen LogP contribution is -2.12. The Bertz CT molecular complexity index is 1340. The number of aromatic nitrogens is 1. The Kier molecular flexibility index (Phi) is 6.57. The second-order valence-corrected chi connectivity index (χ2v) is 8.54. The predicted octanol–water partition coefficient (Wildman–Crippen LogP) is 5.57. The van der Waals surface area contributed by atoms with Crippen molar-refractivity contribution in [1.82, 2.24) is 4.57 Å². The molecule has 0 amide bonds. The lowest BCUT2D eigenvalue weighted by Gasteiger charge is -2.03. The van der Waals surface area contributed by atoms with Gasteiger partial charge in [0.1, 0.15) is 22.9 Å². The molecule has 0 saturated carbocycles. The van der Waals surface area contributed by atoms with E-state index in [1.54, 1.807) is 48.0 Å². The van der Waals surface area contributed by atoms with E-state index in [1.807, 2.05) is 24.3 Å². The summed E-state index contributed by atoms with van der Waals surface area (Å²) in [4.78, 5) is 28.8. The van der Waals surface area contributed by atoms with Gasteiger partial charge in [-0.3, -0.25) is 4.79 Å². The zero-order valence-electron chi connectivity index (χ0n) is 17.5. The average Bonchev–Trinajstić information content (AvgIpc) is 3.27. The molecule has 9 heteroatoms. The molecule has 0 aliphatic carbocycles. The van der Waals surface area contributed by atoms with Crippen LogP contribution in [-0.2, 0) is 20.9 Å². The highest BCUT2D eigenvalue weighted by Gasteiger charge is 2.33. The fourth-order valence-electron chi connectivity index (χ4n) is 3.43. The molecule has 0 radical (unpaired) electrons. The molecule has 4 rings (SSSR count). The maximum atomic E-state index is 12.6. The van der Waals surface area contributed by atoms with Gasteiger partial charge in [0.05, 0.1) is 17.2 Å². The average molecular weight is 483 g/mol. The van der Waals surface area contributed by atoms with Crippen molar-refractivity contribution in [2.45, 2.75) is 13.5 Å². The monoisotopic (exact) mass is 482 g/mol. The number of aliphatic imine (C=N–C) groups is 1. The number of carbonyl (C=O) groups is 2. The van der Waals surface area contributed by atoms with E-state index in [4.69, 9.17) is 16.3 Å². The van der Waals surface area contributed by atoms with Gasteiger partial charge in [-0.1, -0.05) is 41.6 Å².